The van der Waals surface area contributed by atoms with Gasteiger partial charge < -0.3 is 10.0 Å². The maximum atomic E-state index is 8.40. The fraction of sp³-hybridized carbons (Fsp3) is 0.800. The van der Waals surface area contributed by atoms with Crippen LogP contribution in [0.3, 0.4) is 0 Å². The first-order valence-electron chi connectivity index (χ1n) is 2.90. The van der Waals surface area contributed by atoms with E-state index in [9.17, 15) is 0 Å². The van der Waals surface area contributed by atoms with Gasteiger partial charge in [0.25, 0.3) is 0 Å². The molecule has 9 heavy (non-hydrogen) atoms. The first-order chi connectivity index (χ1) is 4.16. The summed E-state index contributed by atoms with van der Waals surface area (Å²) < 4.78 is 0. The minimum atomic E-state index is -1.27. The molecule has 50 valence electrons. The van der Waals surface area contributed by atoms with Crippen molar-refractivity contribution in [2.45, 2.75) is 19.7 Å². The minimum Gasteiger partial charge on any atom is -0.427 e. The number of hydrogen-bond donors (Lipinski definition) is 2. The van der Waals surface area contributed by atoms with Crippen LogP contribution in [0.1, 0.15) is 13.3 Å². The van der Waals surface area contributed by atoms with E-state index >= 15 is 0 Å². The van der Waals surface area contributed by atoms with Crippen LogP contribution in [0.15, 0.2) is 0 Å². The van der Waals surface area contributed by atoms with Crippen LogP contribution in [-0.4, -0.2) is 17.2 Å². The third-order valence-corrected chi connectivity index (χ3v) is 1.05. The molecule has 1 atom stereocenters. The SMILES string of the molecule is C[C@@H](CC#N)CB(O)O. The molecule has 3 nitrogen and oxygen atoms in total. The van der Waals surface area contributed by atoms with Gasteiger partial charge in [-0.1, -0.05) is 6.92 Å². The van der Waals surface area contributed by atoms with E-state index in [2.05, 4.69) is 0 Å². The smallest absolute Gasteiger partial charge is 0.427 e. The van der Waals surface area contributed by atoms with Crippen LogP contribution in [0, 0.1) is 17.2 Å². The van der Waals surface area contributed by atoms with Crippen molar-refractivity contribution in [3.05, 3.63) is 0 Å². The van der Waals surface area contributed by atoms with Crippen molar-refractivity contribution in [2.24, 2.45) is 5.92 Å². The second-order valence-corrected chi connectivity index (χ2v) is 2.18. The Labute approximate surface area is 55.1 Å². The molecule has 0 aromatic carbocycles. The third-order valence-electron chi connectivity index (χ3n) is 1.05. The molecule has 0 aromatic rings. The monoisotopic (exact) mass is 127 g/mol. The Morgan fingerprint density at radius 1 is 1.67 bits per heavy atom. The van der Waals surface area contributed by atoms with Gasteiger partial charge in [0.1, 0.15) is 0 Å². The fourth-order valence-electron chi connectivity index (χ4n) is 0.599. The molecule has 0 aromatic heterocycles. The molecule has 0 aliphatic carbocycles. The largest absolute Gasteiger partial charge is 0.451 e. The molecule has 2 N–H and O–H groups in total. The van der Waals surface area contributed by atoms with Gasteiger partial charge in [0.15, 0.2) is 0 Å². The molecule has 0 bridgehead atoms. The Morgan fingerprint density at radius 2 is 2.22 bits per heavy atom. The van der Waals surface area contributed by atoms with E-state index in [4.69, 9.17) is 15.3 Å². The molecule has 0 spiro atoms. The van der Waals surface area contributed by atoms with Gasteiger partial charge in [0, 0.05) is 6.42 Å². The summed E-state index contributed by atoms with van der Waals surface area (Å²) in [6, 6.07) is 1.95. The Balaban J connectivity index is 3.29. The van der Waals surface area contributed by atoms with E-state index in [1.807, 2.05) is 13.0 Å². The summed E-state index contributed by atoms with van der Waals surface area (Å²) in [7, 11) is -1.27. The second-order valence-electron chi connectivity index (χ2n) is 2.18. The zero-order valence-electron chi connectivity index (χ0n) is 5.41. The highest BCUT2D eigenvalue weighted by molar-refractivity contribution is 6.41. The van der Waals surface area contributed by atoms with E-state index < -0.39 is 7.12 Å². The van der Waals surface area contributed by atoms with Crippen molar-refractivity contribution in [3.8, 4) is 6.07 Å². The van der Waals surface area contributed by atoms with Crippen LogP contribution < -0.4 is 0 Å². The molecule has 0 radical (unpaired) electrons. The quantitative estimate of drug-likeness (QED) is 0.524. The summed E-state index contributed by atoms with van der Waals surface area (Å²) in [5.41, 5.74) is 0. The Kier molecular flexibility index (Phi) is 4.11. The topological polar surface area (TPSA) is 64.2 Å². The molecule has 0 heterocycles. The number of rotatable bonds is 3. The molecular weight excluding hydrogens is 117 g/mol. The highest BCUT2D eigenvalue weighted by Gasteiger charge is 2.11. The third kappa shape index (κ3) is 5.34. The lowest BCUT2D eigenvalue weighted by Crippen LogP contribution is -2.14. The van der Waals surface area contributed by atoms with E-state index in [1.54, 1.807) is 0 Å². The average Bonchev–Trinajstić information content (AvgIpc) is 1.63. The van der Waals surface area contributed by atoms with E-state index in [0.717, 1.165) is 0 Å². The van der Waals surface area contributed by atoms with Gasteiger partial charge in [-0.15, -0.1) is 0 Å². The molecule has 0 fully saturated rings. The maximum absolute atomic E-state index is 8.40. The van der Waals surface area contributed by atoms with Crippen molar-refractivity contribution >= 4 is 7.12 Å². The molecule has 0 aliphatic rings. The van der Waals surface area contributed by atoms with E-state index in [1.165, 1.54) is 0 Å². The van der Waals surface area contributed by atoms with Crippen molar-refractivity contribution in [2.75, 3.05) is 0 Å². The summed E-state index contributed by atoms with van der Waals surface area (Å²) in [6.07, 6.45) is 0.672. The van der Waals surface area contributed by atoms with Gasteiger partial charge in [-0.2, -0.15) is 5.26 Å². The normalized spacial score (nSPS) is 12.2. The number of hydrogen-bond acceptors (Lipinski definition) is 3. The van der Waals surface area contributed by atoms with Crippen molar-refractivity contribution < 1.29 is 10.0 Å². The van der Waals surface area contributed by atoms with Crippen LogP contribution in [-0.2, 0) is 0 Å². The molecule has 0 unspecified atom stereocenters. The predicted molar refractivity (Wildman–Crippen MR) is 34.4 cm³/mol. The standard InChI is InChI=1S/C5H10BNO2/c1-5(2-3-7)4-6(8)9/h5,8-9H,2,4H2,1H3/t5-/m0/s1. The first-order valence-corrected chi connectivity index (χ1v) is 2.90. The fourth-order valence-corrected chi connectivity index (χ4v) is 0.599. The number of nitriles is 1. The summed E-state index contributed by atoms with van der Waals surface area (Å²) in [5, 5.41) is 24.9. The summed E-state index contributed by atoms with van der Waals surface area (Å²) >= 11 is 0. The highest BCUT2D eigenvalue weighted by Crippen LogP contribution is 2.07. The van der Waals surface area contributed by atoms with Crippen LogP contribution >= 0.6 is 0 Å². The molecule has 0 rings (SSSR count). The summed E-state index contributed by atoms with van der Waals surface area (Å²) in [5.74, 6) is 0.0787. The Bertz CT molecular complexity index is 110. The van der Waals surface area contributed by atoms with Crippen LogP contribution in [0.5, 0.6) is 0 Å². The van der Waals surface area contributed by atoms with Crippen LogP contribution in [0.25, 0.3) is 0 Å². The summed E-state index contributed by atoms with van der Waals surface area (Å²) in [4.78, 5) is 0. The van der Waals surface area contributed by atoms with Gasteiger partial charge in [-0.3, -0.25) is 0 Å². The minimum absolute atomic E-state index is 0.0787. The van der Waals surface area contributed by atoms with Gasteiger partial charge in [0.2, 0.25) is 0 Å². The molecule has 0 saturated carbocycles. The lowest BCUT2D eigenvalue weighted by molar-refractivity contribution is 0.391. The van der Waals surface area contributed by atoms with Crippen molar-refractivity contribution in [3.63, 3.8) is 0 Å². The van der Waals surface area contributed by atoms with Crippen LogP contribution in [0.2, 0.25) is 6.32 Å². The summed E-state index contributed by atoms with van der Waals surface area (Å²) in [6.45, 7) is 1.81. The Hall–Kier alpha value is -0.525. The highest BCUT2D eigenvalue weighted by atomic mass is 16.4. The van der Waals surface area contributed by atoms with Gasteiger partial charge in [-0.25, -0.2) is 0 Å². The van der Waals surface area contributed by atoms with Gasteiger partial charge in [-0.05, 0) is 12.2 Å². The van der Waals surface area contributed by atoms with Gasteiger partial charge in [0.05, 0.1) is 6.07 Å². The van der Waals surface area contributed by atoms with Crippen LogP contribution in [0.4, 0.5) is 0 Å². The molecule has 0 saturated heterocycles. The lowest BCUT2D eigenvalue weighted by atomic mass is 9.78. The molecular formula is C5H10BNO2. The molecule has 0 aliphatic heterocycles. The first kappa shape index (κ1) is 8.47. The molecule has 0 amide bonds. The van der Waals surface area contributed by atoms with Gasteiger partial charge >= 0.3 is 7.12 Å². The average molecular weight is 127 g/mol. The Morgan fingerprint density at radius 3 is 2.56 bits per heavy atom. The van der Waals surface area contributed by atoms with Crippen molar-refractivity contribution in [1.82, 2.24) is 0 Å². The molecule has 4 heteroatoms. The zero-order valence-corrected chi connectivity index (χ0v) is 5.41. The number of nitrogens with zero attached hydrogens (tertiary/aromatic N) is 1. The zero-order chi connectivity index (χ0) is 7.28. The second kappa shape index (κ2) is 4.36. The van der Waals surface area contributed by atoms with Crippen molar-refractivity contribution in [1.29, 1.82) is 5.26 Å². The lowest BCUT2D eigenvalue weighted by Gasteiger charge is -2.03. The predicted octanol–water partition coefficient (Wildman–Crippen LogP) is 0.00898. The van der Waals surface area contributed by atoms with E-state index in [-0.39, 0.29) is 12.2 Å². The maximum Gasteiger partial charge on any atom is 0.451 e. The van der Waals surface area contributed by atoms with E-state index in [0.29, 0.717) is 6.42 Å².